The van der Waals surface area contributed by atoms with Crippen LogP contribution < -0.4 is 15.4 Å². The third-order valence-electron chi connectivity index (χ3n) is 7.06. The molecule has 2 aromatic carbocycles. The lowest BCUT2D eigenvalue weighted by molar-refractivity contribution is -0.120. The molecule has 0 spiro atoms. The van der Waals surface area contributed by atoms with Crippen LogP contribution in [0.25, 0.3) is 10.9 Å². The number of benzene rings is 2. The zero-order chi connectivity index (χ0) is 29.7. The SMILES string of the molecule is CC1(COc2cc3ncnc(Nc4ccc(F)c(Cl)c4)c3cc2NC(=O)/C(F)=C/CN2CC[C@@H](OCCO)C2)COC1. The fourth-order valence-electron chi connectivity index (χ4n) is 4.70. The van der Waals surface area contributed by atoms with Crippen LogP contribution in [0.4, 0.5) is 26.0 Å². The smallest absolute Gasteiger partial charge is 0.284 e. The number of fused-ring (bicyclic) bond motifs is 1. The average molecular weight is 604 g/mol. The summed E-state index contributed by atoms with van der Waals surface area (Å²) in [4.78, 5) is 23.5. The molecule has 3 N–H and O–H groups in total. The zero-order valence-corrected chi connectivity index (χ0v) is 23.8. The number of amides is 1. The normalized spacial score (nSPS) is 18.6. The molecule has 2 aliphatic rings. The number of rotatable bonds is 12. The lowest BCUT2D eigenvalue weighted by atomic mass is 9.90. The minimum atomic E-state index is -0.941. The van der Waals surface area contributed by atoms with Crippen molar-refractivity contribution in [1.82, 2.24) is 14.9 Å². The van der Waals surface area contributed by atoms with Gasteiger partial charge in [0.25, 0.3) is 5.91 Å². The van der Waals surface area contributed by atoms with Crippen molar-refractivity contribution < 1.29 is 32.9 Å². The minimum absolute atomic E-state index is 0.0290. The van der Waals surface area contributed by atoms with E-state index in [0.29, 0.717) is 61.1 Å². The maximum atomic E-state index is 15.0. The van der Waals surface area contributed by atoms with Gasteiger partial charge in [-0.2, -0.15) is 0 Å². The molecule has 10 nitrogen and oxygen atoms in total. The van der Waals surface area contributed by atoms with Gasteiger partial charge in [-0.3, -0.25) is 9.69 Å². The molecular weight excluding hydrogens is 572 g/mol. The van der Waals surface area contributed by atoms with Gasteiger partial charge >= 0.3 is 0 Å². The van der Waals surface area contributed by atoms with Gasteiger partial charge in [-0.05, 0) is 36.8 Å². The van der Waals surface area contributed by atoms with Crippen molar-refractivity contribution in [3.63, 3.8) is 0 Å². The molecule has 2 aliphatic heterocycles. The highest BCUT2D eigenvalue weighted by atomic mass is 35.5. The summed E-state index contributed by atoms with van der Waals surface area (Å²) in [5.74, 6) is -1.74. The first kappa shape index (κ1) is 30.1. The third kappa shape index (κ3) is 7.31. The Kier molecular flexibility index (Phi) is 9.49. The molecule has 0 aliphatic carbocycles. The topological polar surface area (TPSA) is 118 Å². The molecule has 2 saturated heterocycles. The van der Waals surface area contributed by atoms with Crippen LogP contribution in [0, 0.1) is 11.2 Å². The molecule has 1 atom stereocenters. The van der Waals surface area contributed by atoms with Crippen molar-refractivity contribution in [3.8, 4) is 5.75 Å². The number of aliphatic hydroxyl groups is 1. The number of halogens is 3. The number of carbonyl (C=O) groups excluding carboxylic acids is 1. The summed E-state index contributed by atoms with van der Waals surface area (Å²) in [5, 5.41) is 15.1. The Balaban J connectivity index is 1.36. The maximum absolute atomic E-state index is 15.0. The van der Waals surface area contributed by atoms with Crippen molar-refractivity contribution in [3.05, 3.63) is 59.4 Å². The number of likely N-dealkylation sites (tertiary alicyclic amines) is 1. The fourth-order valence-corrected chi connectivity index (χ4v) is 4.88. The molecule has 224 valence electrons. The molecule has 1 amide bonds. The summed E-state index contributed by atoms with van der Waals surface area (Å²) in [5.41, 5.74) is 1.04. The number of carbonyl (C=O) groups is 1. The van der Waals surface area contributed by atoms with Crippen LogP contribution in [0.3, 0.4) is 0 Å². The molecule has 0 radical (unpaired) electrons. The van der Waals surface area contributed by atoms with Crippen molar-refractivity contribution >= 4 is 45.6 Å². The summed E-state index contributed by atoms with van der Waals surface area (Å²) in [6, 6.07) is 7.42. The van der Waals surface area contributed by atoms with E-state index in [1.54, 1.807) is 12.1 Å². The highest BCUT2D eigenvalue weighted by molar-refractivity contribution is 6.31. The van der Waals surface area contributed by atoms with E-state index in [1.165, 1.54) is 30.6 Å². The largest absolute Gasteiger partial charge is 0.491 e. The molecule has 0 unspecified atom stereocenters. The van der Waals surface area contributed by atoms with E-state index >= 15 is 0 Å². The standard InChI is InChI=1S/C29H32ClF2N5O5/c1-29(14-40-15-29)16-42-26-12-24-20(27(34-17-33-24)35-18-2-3-22(31)21(30)10-18)11-25(26)36-28(39)23(32)5-7-37-6-4-19(13-37)41-9-8-38/h2-3,5,10-12,17,19,38H,4,6-9,13-16H2,1H3,(H,36,39)(H,33,34,35)/b23-5-/t19-/m1/s1. The van der Waals surface area contributed by atoms with Crippen LogP contribution in [-0.4, -0.2) is 84.7 Å². The second-order valence-corrected chi connectivity index (χ2v) is 11.1. The van der Waals surface area contributed by atoms with E-state index in [0.717, 1.165) is 6.42 Å². The van der Waals surface area contributed by atoms with Gasteiger partial charge in [0.15, 0.2) is 5.83 Å². The number of aliphatic hydroxyl groups excluding tert-OH is 1. The number of nitrogens with one attached hydrogen (secondary N) is 2. The monoisotopic (exact) mass is 603 g/mol. The first-order valence-corrected chi connectivity index (χ1v) is 13.9. The van der Waals surface area contributed by atoms with Gasteiger partial charge in [0.2, 0.25) is 0 Å². The molecule has 13 heteroatoms. The number of hydrogen-bond acceptors (Lipinski definition) is 9. The lowest BCUT2D eigenvalue weighted by Crippen LogP contribution is -2.44. The van der Waals surface area contributed by atoms with E-state index < -0.39 is 17.6 Å². The van der Waals surface area contributed by atoms with Gasteiger partial charge in [-0.15, -0.1) is 0 Å². The molecule has 3 aromatic rings. The molecule has 0 saturated carbocycles. The quantitative estimate of drug-likeness (QED) is 0.258. The second kappa shape index (κ2) is 13.3. The first-order chi connectivity index (χ1) is 20.2. The zero-order valence-electron chi connectivity index (χ0n) is 23.0. The average Bonchev–Trinajstić information content (AvgIpc) is 3.42. The van der Waals surface area contributed by atoms with Crippen LogP contribution in [0.15, 0.2) is 48.6 Å². The summed E-state index contributed by atoms with van der Waals surface area (Å²) in [6.07, 6.45) is 3.33. The van der Waals surface area contributed by atoms with Gasteiger partial charge in [-0.1, -0.05) is 18.5 Å². The van der Waals surface area contributed by atoms with Gasteiger partial charge in [0, 0.05) is 42.2 Å². The van der Waals surface area contributed by atoms with Crippen LogP contribution in [0.5, 0.6) is 5.75 Å². The Morgan fingerprint density at radius 2 is 2.14 bits per heavy atom. The Hall–Kier alpha value is -3.42. The first-order valence-electron chi connectivity index (χ1n) is 13.6. The van der Waals surface area contributed by atoms with Crippen molar-refractivity contribution in [2.24, 2.45) is 5.41 Å². The fraction of sp³-hybridized carbons (Fsp3) is 0.414. The Morgan fingerprint density at radius 3 is 2.88 bits per heavy atom. The number of anilines is 3. The van der Waals surface area contributed by atoms with E-state index in [2.05, 4.69) is 20.6 Å². The Labute approximate surface area is 246 Å². The van der Waals surface area contributed by atoms with Crippen LogP contribution in [-0.2, 0) is 14.3 Å². The van der Waals surface area contributed by atoms with Crippen molar-refractivity contribution in [1.29, 1.82) is 0 Å². The van der Waals surface area contributed by atoms with Crippen LogP contribution in [0.1, 0.15) is 13.3 Å². The molecule has 2 fully saturated rings. The second-order valence-electron chi connectivity index (χ2n) is 10.7. The van der Waals surface area contributed by atoms with Crippen LogP contribution >= 0.6 is 11.6 Å². The van der Waals surface area contributed by atoms with Crippen molar-refractivity contribution in [2.75, 3.05) is 63.3 Å². The number of hydrogen-bond donors (Lipinski definition) is 3. The van der Waals surface area contributed by atoms with Gasteiger partial charge in [0.05, 0.1) is 55.4 Å². The molecule has 42 heavy (non-hydrogen) atoms. The predicted octanol–water partition coefficient (Wildman–Crippen LogP) is 4.46. The molecule has 0 bridgehead atoms. The Bertz CT molecular complexity index is 1470. The minimum Gasteiger partial charge on any atom is -0.491 e. The number of nitrogens with zero attached hydrogens (tertiary/aromatic N) is 3. The summed E-state index contributed by atoms with van der Waals surface area (Å²) < 4.78 is 45.6. The van der Waals surface area contributed by atoms with Crippen molar-refractivity contribution in [2.45, 2.75) is 19.4 Å². The molecular formula is C29H32ClF2N5O5. The Morgan fingerprint density at radius 1 is 1.31 bits per heavy atom. The van der Waals surface area contributed by atoms with Crippen LogP contribution in [0.2, 0.25) is 5.02 Å². The summed E-state index contributed by atoms with van der Waals surface area (Å²) >= 11 is 5.93. The highest BCUT2D eigenvalue weighted by Crippen LogP contribution is 2.36. The van der Waals surface area contributed by atoms with Gasteiger partial charge in [0.1, 0.15) is 23.7 Å². The number of ether oxygens (including phenoxy) is 3. The summed E-state index contributed by atoms with van der Waals surface area (Å²) in [7, 11) is 0. The summed E-state index contributed by atoms with van der Waals surface area (Å²) in [6.45, 7) is 5.15. The van der Waals surface area contributed by atoms with Gasteiger partial charge < -0.3 is 30.0 Å². The lowest BCUT2D eigenvalue weighted by Gasteiger charge is -2.37. The third-order valence-corrected chi connectivity index (χ3v) is 7.35. The highest BCUT2D eigenvalue weighted by Gasteiger charge is 2.34. The van der Waals surface area contributed by atoms with E-state index in [9.17, 15) is 13.6 Å². The number of aromatic nitrogens is 2. The van der Waals surface area contributed by atoms with Gasteiger partial charge in [-0.25, -0.2) is 18.7 Å². The molecule has 3 heterocycles. The van der Waals surface area contributed by atoms with E-state index in [1.807, 2.05) is 11.8 Å². The molecule has 1 aromatic heterocycles. The predicted molar refractivity (Wildman–Crippen MR) is 154 cm³/mol. The van der Waals surface area contributed by atoms with E-state index in [4.69, 9.17) is 30.9 Å². The maximum Gasteiger partial charge on any atom is 0.284 e. The van der Waals surface area contributed by atoms with E-state index in [-0.39, 0.29) is 42.0 Å². The molecule has 5 rings (SSSR count).